The van der Waals surface area contributed by atoms with Crippen LogP contribution in [0.25, 0.3) is 0 Å². The summed E-state index contributed by atoms with van der Waals surface area (Å²) in [7, 11) is 2.18. The van der Waals surface area contributed by atoms with Crippen molar-refractivity contribution >= 4 is 5.82 Å². The van der Waals surface area contributed by atoms with E-state index in [1.54, 1.807) is 6.33 Å². The second-order valence-electron chi connectivity index (χ2n) is 6.98. The molecule has 0 spiro atoms. The molecule has 1 fully saturated rings. The van der Waals surface area contributed by atoms with E-state index in [1.165, 1.54) is 17.7 Å². The van der Waals surface area contributed by atoms with Crippen molar-refractivity contribution in [3.8, 4) is 0 Å². The Hall–Kier alpha value is -2.05. The lowest BCUT2D eigenvalue weighted by molar-refractivity contribution is 0.206. The minimum absolute atomic E-state index is 0.377. The van der Waals surface area contributed by atoms with Gasteiger partial charge in [0.1, 0.15) is 12.1 Å². The molecular formula is C19H26N6. The Morgan fingerprint density at radius 1 is 1.24 bits per heavy atom. The predicted molar refractivity (Wildman–Crippen MR) is 98.5 cm³/mol. The molecular weight excluding hydrogens is 312 g/mol. The molecule has 25 heavy (non-hydrogen) atoms. The molecule has 2 aromatic heterocycles. The number of rotatable bonds is 4. The zero-order valence-corrected chi connectivity index (χ0v) is 14.9. The number of hydrogen-bond acceptors (Lipinski definition) is 6. The molecule has 0 saturated carbocycles. The average Bonchev–Trinajstić information content (AvgIpc) is 2.68. The van der Waals surface area contributed by atoms with Gasteiger partial charge >= 0.3 is 0 Å². The summed E-state index contributed by atoms with van der Waals surface area (Å²) in [5.74, 6) is 1.04. The topological polar surface area (TPSA) is 57.2 Å². The van der Waals surface area contributed by atoms with Crippen LogP contribution in [-0.2, 0) is 13.0 Å². The molecule has 1 unspecified atom stereocenters. The van der Waals surface area contributed by atoms with Gasteiger partial charge in [-0.15, -0.1) is 0 Å². The van der Waals surface area contributed by atoms with Crippen LogP contribution in [0.2, 0.25) is 0 Å². The first kappa shape index (κ1) is 16.4. The van der Waals surface area contributed by atoms with E-state index in [0.717, 1.165) is 57.1 Å². The van der Waals surface area contributed by atoms with Crippen molar-refractivity contribution in [1.29, 1.82) is 0 Å². The van der Waals surface area contributed by atoms with Gasteiger partial charge in [0.25, 0.3) is 0 Å². The number of nitrogens with zero attached hydrogens (tertiary/aromatic N) is 5. The van der Waals surface area contributed by atoms with Gasteiger partial charge in [-0.1, -0.05) is 6.07 Å². The summed E-state index contributed by atoms with van der Waals surface area (Å²) in [6.45, 7) is 4.87. The molecule has 0 bridgehead atoms. The van der Waals surface area contributed by atoms with Crippen LogP contribution in [-0.4, -0.2) is 53.1 Å². The summed E-state index contributed by atoms with van der Waals surface area (Å²) in [5.41, 5.74) is 3.72. The first-order valence-electron chi connectivity index (χ1n) is 9.22. The number of piperazine rings is 1. The van der Waals surface area contributed by atoms with Gasteiger partial charge < -0.3 is 10.2 Å². The third-order valence-electron chi connectivity index (χ3n) is 5.26. The minimum Gasteiger partial charge on any atom is -0.354 e. The van der Waals surface area contributed by atoms with Gasteiger partial charge in [-0.3, -0.25) is 9.88 Å². The molecule has 6 heteroatoms. The van der Waals surface area contributed by atoms with Gasteiger partial charge in [0, 0.05) is 45.0 Å². The van der Waals surface area contributed by atoms with Gasteiger partial charge in [0.2, 0.25) is 0 Å². The predicted octanol–water partition coefficient (Wildman–Crippen LogP) is 1.79. The number of fused-ring (bicyclic) bond motifs is 1. The van der Waals surface area contributed by atoms with E-state index in [0.29, 0.717) is 6.04 Å². The van der Waals surface area contributed by atoms with E-state index in [2.05, 4.69) is 49.2 Å². The summed E-state index contributed by atoms with van der Waals surface area (Å²) in [4.78, 5) is 18.4. The van der Waals surface area contributed by atoms with Crippen molar-refractivity contribution in [3.63, 3.8) is 0 Å². The molecule has 3 heterocycles. The van der Waals surface area contributed by atoms with Crippen molar-refractivity contribution < 1.29 is 0 Å². The molecule has 2 aliphatic rings. The smallest absolute Gasteiger partial charge is 0.132 e. The number of aromatic nitrogens is 3. The molecule has 0 radical (unpaired) electrons. The highest BCUT2D eigenvalue weighted by atomic mass is 15.2. The van der Waals surface area contributed by atoms with Crippen LogP contribution < -0.4 is 10.2 Å². The van der Waals surface area contributed by atoms with Gasteiger partial charge in [-0.2, -0.15) is 0 Å². The Morgan fingerprint density at radius 3 is 3.00 bits per heavy atom. The zero-order valence-electron chi connectivity index (χ0n) is 14.9. The van der Waals surface area contributed by atoms with E-state index in [1.807, 2.05) is 12.3 Å². The van der Waals surface area contributed by atoms with Gasteiger partial charge in [0.15, 0.2) is 0 Å². The quantitative estimate of drug-likeness (QED) is 0.917. The third kappa shape index (κ3) is 3.65. The molecule has 132 valence electrons. The van der Waals surface area contributed by atoms with Crippen LogP contribution in [0.5, 0.6) is 0 Å². The lowest BCUT2D eigenvalue weighted by Gasteiger charge is -2.32. The van der Waals surface area contributed by atoms with Crippen molar-refractivity contribution in [3.05, 3.63) is 47.7 Å². The Kier molecular flexibility index (Phi) is 4.90. The maximum absolute atomic E-state index is 4.66. The summed E-state index contributed by atoms with van der Waals surface area (Å²) in [6, 6.07) is 6.78. The second kappa shape index (κ2) is 7.45. The van der Waals surface area contributed by atoms with E-state index < -0.39 is 0 Å². The Balaban J connectivity index is 1.49. The van der Waals surface area contributed by atoms with E-state index in [9.17, 15) is 0 Å². The monoisotopic (exact) mass is 338 g/mol. The fourth-order valence-corrected chi connectivity index (χ4v) is 3.92. The number of hydrogen-bond donors (Lipinski definition) is 1. The van der Waals surface area contributed by atoms with Crippen LogP contribution in [0.3, 0.4) is 0 Å². The first-order valence-corrected chi connectivity index (χ1v) is 9.22. The lowest BCUT2D eigenvalue weighted by Crippen LogP contribution is -2.44. The molecule has 0 amide bonds. The van der Waals surface area contributed by atoms with Crippen LogP contribution in [0, 0.1) is 0 Å². The zero-order chi connectivity index (χ0) is 17.1. The maximum Gasteiger partial charge on any atom is 0.132 e. The van der Waals surface area contributed by atoms with Crippen molar-refractivity contribution in [2.24, 2.45) is 0 Å². The second-order valence-corrected chi connectivity index (χ2v) is 6.98. The third-order valence-corrected chi connectivity index (χ3v) is 5.26. The normalized spacial score (nSPS) is 20.6. The van der Waals surface area contributed by atoms with Crippen molar-refractivity contribution in [2.75, 3.05) is 38.1 Å². The van der Waals surface area contributed by atoms with E-state index >= 15 is 0 Å². The average molecular weight is 338 g/mol. The largest absolute Gasteiger partial charge is 0.354 e. The van der Waals surface area contributed by atoms with Crippen LogP contribution in [0.4, 0.5) is 5.82 Å². The first-order chi connectivity index (χ1) is 12.3. The van der Waals surface area contributed by atoms with Gasteiger partial charge in [-0.25, -0.2) is 9.97 Å². The Labute approximate surface area is 149 Å². The highest BCUT2D eigenvalue weighted by Gasteiger charge is 2.25. The number of anilines is 1. The molecule has 0 aromatic carbocycles. The number of aryl methyl sites for hydroxylation is 1. The molecule has 4 rings (SSSR count). The summed E-state index contributed by atoms with van der Waals surface area (Å²) in [6.07, 6.45) is 7.15. The molecule has 2 aromatic rings. The molecule has 1 aliphatic carbocycles. The molecule has 6 nitrogen and oxygen atoms in total. The summed E-state index contributed by atoms with van der Waals surface area (Å²) in [5, 5.41) is 3.38. The van der Waals surface area contributed by atoms with Crippen molar-refractivity contribution in [1.82, 2.24) is 25.2 Å². The van der Waals surface area contributed by atoms with Crippen molar-refractivity contribution in [2.45, 2.75) is 31.8 Å². The minimum atomic E-state index is 0.377. The van der Waals surface area contributed by atoms with Crippen LogP contribution in [0.1, 0.15) is 35.8 Å². The van der Waals surface area contributed by atoms with Crippen LogP contribution >= 0.6 is 0 Å². The van der Waals surface area contributed by atoms with Gasteiger partial charge in [0.05, 0.1) is 17.4 Å². The lowest BCUT2D eigenvalue weighted by atomic mass is 9.91. The fourth-order valence-electron chi connectivity index (χ4n) is 3.92. The van der Waals surface area contributed by atoms with Crippen LogP contribution in [0.15, 0.2) is 30.7 Å². The Morgan fingerprint density at radius 2 is 2.12 bits per heavy atom. The summed E-state index contributed by atoms with van der Waals surface area (Å²) < 4.78 is 0. The molecule has 1 N–H and O–H groups in total. The maximum atomic E-state index is 4.66. The fraction of sp³-hybridized carbons (Fsp3) is 0.526. The highest BCUT2D eigenvalue weighted by molar-refractivity contribution is 5.39. The van der Waals surface area contributed by atoms with E-state index in [-0.39, 0.29) is 0 Å². The number of nitrogens with one attached hydrogen (secondary N) is 1. The van der Waals surface area contributed by atoms with Gasteiger partial charge in [-0.05, 0) is 37.9 Å². The molecule has 1 atom stereocenters. The SMILES string of the molecule is CN(Cc1cc(N2CCNCC2)ncn1)C1CCCc2cccnc21. The molecule has 1 aliphatic heterocycles. The standard InChI is InChI=1S/C19H26N6/c1-24(17-6-2-4-15-5-3-7-21-19(15)17)13-16-12-18(23-14-22-16)25-10-8-20-9-11-25/h3,5,7,12,14,17,20H,2,4,6,8-11,13H2,1H3. The molecule has 1 saturated heterocycles. The van der Waals surface area contributed by atoms with E-state index in [4.69, 9.17) is 0 Å². The number of pyridine rings is 1. The highest BCUT2D eigenvalue weighted by Crippen LogP contribution is 2.32. The summed E-state index contributed by atoms with van der Waals surface area (Å²) >= 11 is 0. The Bertz CT molecular complexity index is 713.